The van der Waals surface area contributed by atoms with Crippen LogP contribution in [0.2, 0.25) is 0 Å². The van der Waals surface area contributed by atoms with Crippen molar-refractivity contribution < 1.29 is 52.3 Å². The Bertz CT molecular complexity index is 2670. The van der Waals surface area contributed by atoms with Crippen molar-refractivity contribution in [3.8, 4) is 16.2 Å². The lowest BCUT2D eigenvalue weighted by molar-refractivity contribution is -0.144. The number of hydrogen-bond donors (Lipinski definition) is 3. The second-order valence-electron chi connectivity index (χ2n) is 18.6. The molecule has 3 aromatic heterocycles. The van der Waals surface area contributed by atoms with Crippen LogP contribution >= 0.6 is 11.3 Å². The predicted molar refractivity (Wildman–Crippen MR) is 275 cm³/mol. The maximum atomic E-state index is 13.9. The van der Waals surface area contributed by atoms with Crippen molar-refractivity contribution >= 4 is 52.9 Å². The minimum atomic E-state index is -0.968. The molecule has 5 heterocycles. The number of aryl methyl sites for hydroxylation is 1. The lowest BCUT2D eigenvalue weighted by atomic mass is 9.85. The van der Waals surface area contributed by atoms with Crippen LogP contribution in [0, 0.1) is 12.3 Å². The SMILES string of the molecule is C=N/C(=C\C=C(/C)OCCOCCOCCOCCOCC(=O)N[C@H](C(=O)N1C[C@H](O)C[C@H]1C(=O)NCc1ccc(-c2scnc2C)cc1)C(C)(C)C)COc1ccc2oc(N3CCn4ccnc4C3)nc2c1. The van der Waals surface area contributed by atoms with E-state index >= 15 is 0 Å². The molecular formula is C52H67N9O11S. The minimum Gasteiger partial charge on any atom is -0.496 e. The van der Waals surface area contributed by atoms with Gasteiger partial charge in [0.1, 0.15) is 49.0 Å². The lowest BCUT2D eigenvalue weighted by Crippen LogP contribution is -2.58. The Morgan fingerprint density at radius 3 is 2.38 bits per heavy atom. The molecule has 2 aliphatic rings. The molecule has 0 bridgehead atoms. The van der Waals surface area contributed by atoms with E-state index in [-0.39, 0.29) is 51.8 Å². The van der Waals surface area contributed by atoms with Crippen LogP contribution in [0.4, 0.5) is 6.01 Å². The van der Waals surface area contributed by atoms with Crippen molar-refractivity contribution in [1.29, 1.82) is 0 Å². The number of carbonyl (C=O) groups is 3. The van der Waals surface area contributed by atoms with E-state index in [2.05, 4.69) is 46.8 Å². The highest BCUT2D eigenvalue weighted by Gasteiger charge is 2.44. The van der Waals surface area contributed by atoms with E-state index in [9.17, 15) is 19.5 Å². The van der Waals surface area contributed by atoms with Gasteiger partial charge in [0.15, 0.2) is 5.58 Å². The van der Waals surface area contributed by atoms with Crippen LogP contribution in [0.25, 0.3) is 21.5 Å². The Hall–Kier alpha value is -6.49. The first kappa shape index (κ1) is 54.3. The smallest absolute Gasteiger partial charge is 0.298 e. The van der Waals surface area contributed by atoms with Gasteiger partial charge in [0.2, 0.25) is 17.7 Å². The standard InChI is InChI=1S/C52H67N9O11S/c1-35(7-12-39(53-6)32-71-41-13-14-44-42(28-41)57-51(72-44)60-18-17-59-16-15-54-45(59)31-60)70-26-25-68-22-21-66-19-20-67-23-24-69-33-46(63)58-48(52(3,4)5)50(65)61-30-40(62)27-43(61)49(64)55-29-37-8-10-38(11-9-37)47-36(2)56-34-73-47/h7-16,28,34,40,43,48,62H,6,17-27,29-33H2,1-5H3,(H,55,64)(H,58,63)/b35-7+,39-12-/t40-,43+,48-/m1/s1. The molecule has 21 heteroatoms. The summed E-state index contributed by atoms with van der Waals surface area (Å²) in [5.74, 6) is 0.980. The molecule has 3 amide bonds. The fourth-order valence-electron chi connectivity index (χ4n) is 8.09. The number of likely N-dealkylation sites (tertiary alicyclic amines) is 1. The quantitative estimate of drug-likeness (QED) is 0.0265. The Kier molecular flexibility index (Phi) is 19.7. The molecule has 5 aromatic rings. The van der Waals surface area contributed by atoms with Crippen molar-refractivity contribution in [3.63, 3.8) is 0 Å². The molecule has 0 spiro atoms. The third-order valence-corrected chi connectivity index (χ3v) is 13.1. The van der Waals surface area contributed by atoms with Gasteiger partial charge in [0.05, 0.1) is 86.4 Å². The molecule has 1 fully saturated rings. The number of nitrogens with one attached hydrogen (secondary N) is 2. The number of ether oxygens (including phenoxy) is 6. The van der Waals surface area contributed by atoms with E-state index in [1.807, 2.05) is 95.0 Å². The molecule has 0 aliphatic carbocycles. The number of fused-ring (bicyclic) bond motifs is 2. The third-order valence-electron chi connectivity index (χ3n) is 12.1. The normalized spacial score (nSPS) is 16.6. The number of aliphatic hydroxyl groups is 1. The number of nitrogens with zero attached hydrogens (tertiary/aromatic N) is 7. The first-order valence-corrected chi connectivity index (χ1v) is 25.2. The number of benzene rings is 2. The van der Waals surface area contributed by atoms with Crippen molar-refractivity contribution in [2.75, 3.05) is 84.1 Å². The van der Waals surface area contributed by atoms with Crippen molar-refractivity contribution in [2.24, 2.45) is 10.4 Å². The maximum Gasteiger partial charge on any atom is 0.298 e. The molecule has 3 atom stereocenters. The van der Waals surface area contributed by atoms with Crippen LogP contribution in [0.3, 0.4) is 0 Å². The van der Waals surface area contributed by atoms with E-state index in [4.69, 9.17) is 32.8 Å². The highest BCUT2D eigenvalue weighted by molar-refractivity contribution is 7.13. The van der Waals surface area contributed by atoms with Gasteiger partial charge < -0.3 is 62.9 Å². The van der Waals surface area contributed by atoms with Crippen LogP contribution in [-0.2, 0) is 57.7 Å². The topological polar surface area (TPSA) is 226 Å². The third kappa shape index (κ3) is 15.8. The van der Waals surface area contributed by atoms with Gasteiger partial charge in [-0.3, -0.25) is 19.4 Å². The fourth-order valence-corrected chi connectivity index (χ4v) is 8.90. The monoisotopic (exact) mass is 1030 g/mol. The molecule has 20 nitrogen and oxygen atoms in total. The van der Waals surface area contributed by atoms with Gasteiger partial charge in [-0.05, 0) is 61.4 Å². The van der Waals surface area contributed by atoms with Gasteiger partial charge in [-0.1, -0.05) is 45.0 Å². The molecule has 2 aliphatic heterocycles. The fraction of sp³-hybridized carbons (Fsp3) is 0.481. The lowest BCUT2D eigenvalue weighted by Gasteiger charge is -2.35. The Labute approximate surface area is 429 Å². The minimum absolute atomic E-state index is 0.0189. The zero-order chi connectivity index (χ0) is 51.7. The summed E-state index contributed by atoms with van der Waals surface area (Å²) in [6, 6.07) is 12.1. The molecule has 3 N–H and O–H groups in total. The van der Waals surface area contributed by atoms with Crippen LogP contribution in [0.1, 0.15) is 51.2 Å². The molecule has 7 rings (SSSR count). The summed E-state index contributed by atoms with van der Waals surface area (Å²) in [7, 11) is 0. The van der Waals surface area contributed by atoms with E-state index in [0.29, 0.717) is 80.5 Å². The molecule has 0 unspecified atom stereocenters. The number of allylic oxidation sites excluding steroid dienone is 3. The number of hydrogen-bond acceptors (Lipinski definition) is 17. The van der Waals surface area contributed by atoms with E-state index in [0.717, 1.165) is 40.6 Å². The largest absolute Gasteiger partial charge is 0.496 e. The Balaban J connectivity index is 0.705. The van der Waals surface area contributed by atoms with Crippen LogP contribution in [-0.4, -0.2) is 151 Å². The second kappa shape index (κ2) is 26.5. The van der Waals surface area contributed by atoms with Gasteiger partial charge in [-0.15, -0.1) is 11.3 Å². The zero-order valence-electron chi connectivity index (χ0n) is 42.2. The number of β-amino-alcohol motifs (C(OH)–C–C–N with tert-alkyl or cyclic N) is 1. The van der Waals surface area contributed by atoms with E-state index in [1.54, 1.807) is 23.5 Å². The number of aliphatic imine (C=N–C) groups is 1. The average molecular weight is 1030 g/mol. The van der Waals surface area contributed by atoms with Crippen molar-refractivity contribution in [2.45, 2.75) is 78.9 Å². The number of anilines is 1. The van der Waals surface area contributed by atoms with Crippen LogP contribution in [0.5, 0.6) is 5.75 Å². The predicted octanol–water partition coefficient (Wildman–Crippen LogP) is 5.24. The number of thiazole rings is 1. The van der Waals surface area contributed by atoms with Gasteiger partial charge in [-0.25, -0.2) is 9.97 Å². The summed E-state index contributed by atoms with van der Waals surface area (Å²) >= 11 is 1.57. The molecule has 0 saturated carbocycles. The van der Waals surface area contributed by atoms with Crippen molar-refractivity contribution in [3.05, 3.63) is 101 Å². The molecule has 73 heavy (non-hydrogen) atoms. The number of aromatic nitrogens is 4. The Morgan fingerprint density at radius 2 is 1.68 bits per heavy atom. The zero-order valence-corrected chi connectivity index (χ0v) is 43.1. The summed E-state index contributed by atoms with van der Waals surface area (Å²) < 4.78 is 42.2. The molecular weight excluding hydrogens is 959 g/mol. The first-order chi connectivity index (χ1) is 35.2. The number of carbonyl (C=O) groups excluding carboxylic acids is 3. The summed E-state index contributed by atoms with van der Waals surface area (Å²) in [5, 5.41) is 16.3. The Morgan fingerprint density at radius 1 is 0.959 bits per heavy atom. The summed E-state index contributed by atoms with van der Waals surface area (Å²) in [5.41, 5.74) is 6.01. The van der Waals surface area contributed by atoms with E-state index < -0.39 is 35.4 Å². The van der Waals surface area contributed by atoms with Gasteiger partial charge in [0.25, 0.3) is 6.01 Å². The van der Waals surface area contributed by atoms with Crippen LogP contribution in [0.15, 0.2) is 93.4 Å². The van der Waals surface area contributed by atoms with Gasteiger partial charge in [-0.2, -0.15) is 4.98 Å². The van der Waals surface area contributed by atoms with Gasteiger partial charge >= 0.3 is 0 Å². The molecule has 1 saturated heterocycles. The molecule has 0 radical (unpaired) electrons. The molecule has 2 aromatic carbocycles. The number of rotatable bonds is 27. The first-order valence-electron chi connectivity index (χ1n) is 24.4. The number of imidazole rings is 1. The summed E-state index contributed by atoms with van der Waals surface area (Å²) in [4.78, 5) is 62.3. The van der Waals surface area contributed by atoms with Crippen molar-refractivity contribution in [1.82, 2.24) is 35.1 Å². The number of aliphatic hydroxyl groups excluding tert-OH is 1. The maximum absolute atomic E-state index is 13.9. The second-order valence-corrected chi connectivity index (χ2v) is 19.5. The summed E-state index contributed by atoms with van der Waals surface area (Å²) in [6.07, 6.45) is 6.60. The number of oxazole rings is 1. The highest BCUT2D eigenvalue weighted by atomic mass is 32.1. The van der Waals surface area contributed by atoms with Crippen LogP contribution < -0.4 is 20.3 Å². The number of amides is 3. The van der Waals surface area contributed by atoms with E-state index in [1.165, 1.54) is 4.90 Å². The summed E-state index contributed by atoms with van der Waals surface area (Å²) in [6.45, 7) is 17.9. The molecule has 392 valence electrons. The average Bonchev–Trinajstić information content (AvgIpc) is 4.21. The highest BCUT2D eigenvalue weighted by Crippen LogP contribution is 2.30. The van der Waals surface area contributed by atoms with Gasteiger partial charge in [0, 0.05) is 51.1 Å².